The van der Waals surface area contributed by atoms with Gasteiger partial charge >= 0.3 is 5.97 Å². The van der Waals surface area contributed by atoms with E-state index in [1.165, 1.54) is 0 Å². The molecule has 0 fully saturated rings. The number of nitrogens with zero attached hydrogens (tertiary/aromatic N) is 1. The Morgan fingerprint density at radius 2 is 1.83 bits per heavy atom. The summed E-state index contributed by atoms with van der Waals surface area (Å²) in [4.78, 5) is 13.2. The minimum absolute atomic E-state index is 0.479. The van der Waals surface area contributed by atoms with Crippen LogP contribution < -0.4 is 5.32 Å². The van der Waals surface area contributed by atoms with Crippen LogP contribution in [0.4, 0.5) is 0 Å². The van der Waals surface area contributed by atoms with Gasteiger partial charge in [-0.3, -0.25) is 4.90 Å². The van der Waals surface area contributed by atoms with E-state index in [9.17, 15) is 4.79 Å². The Hall–Kier alpha value is -0.870. The van der Waals surface area contributed by atoms with Gasteiger partial charge in [0.2, 0.25) is 0 Å². The first kappa shape index (κ1) is 17.1. The smallest absolute Gasteiger partial charge is 0.331 e. The second-order valence-electron chi connectivity index (χ2n) is 5.02. The van der Waals surface area contributed by atoms with Crippen LogP contribution in [0.3, 0.4) is 0 Å². The van der Waals surface area contributed by atoms with Crippen molar-refractivity contribution in [2.45, 2.75) is 53.1 Å². The average Bonchev–Trinajstić information content (AvgIpc) is 2.26. The SMILES string of the molecule is CCC(=CCNCCN(C(C)C)C(C)C)C(=O)O. The standard InChI is InChI=1S/C14H28N2O2/c1-6-13(14(17)18)7-8-15-9-10-16(11(2)3)12(4)5/h7,11-12,15H,6,8-10H2,1-5H3,(H,17,18). The summed E-state index contributed by atoms with van der Waals surface area (Å²) in [6.45, 7) is 13.1. The van der Waals surface area contributed by atoms with Crippen molar-refractivity contribution in [2.75, 3.05) is 19.6 Å². The summed E-state index contributed by atoms with van der Waals surface area (Å²) >= 11 is 0. The molecule has 4 nitrogen and oxygen atoms in total. The Morgan fingerprint density at radius 1 is 1.28 bits per heavy atom. The van der Waals surface area contributed by atoms with Crippen LogP contribution >= 0.6 is 0 Å². The van der Waals surface area contributed by atoms with E-state index in [0.717, 1.165) is 13.1 Å². The van der Waals surface area contributed by atoms with Gasteiger partial charge < -0.3 is 10.4 Å². The Morgan fingerprint density at radius 3 is 2.22 bits per heavy atom. The van der Waals surface area contributed by atoms with Gasteiger partial charge in [-0.2, -0.15) is 0 Å². The lowest BCUT2D eigenvalue weighted by atomic mass is 10.2. The van der Waals surface area contributed by atoms with E-state index < -0.39 is 5.97 Å². The van der Waals surface area contributed by atoms with Crippen molar-refractivity contribution < 1.29 is 9.90 Å². The molecular weight excluding hydrogens is 228 g/mol. The number of aliphatic carboxylic acids is 1. The van der Waals surface area contributed by atoms with E-state index >= 15 is 0 Å². The van der Waals surface area contributed by atoms with E-state index in [0.29, 0.717) is 30.6 Å². The maximum absolute atomic E-state index is 10.8. The Bertz CT molecular complexity index is 265. The van der Waals surface area contributed by atoms with Gasteiger partial charge in [-0.05, 0) is 34.1 Å². The fourth-order valence-electron chi connectivity index (χ4n) is 2.00. The molecule has 0 spiro atoms. The van der Waals surface area contributed by atoms with Crippen molar-refractivity contribution in [3.05, 3.63) is 11.6 Å². The van der Waals surface area contributed by atoms with Gasteiger partial charge in [0, 0.05) is 37.3 Å². The van der Waals surface area contributed by atoms with Gasteiger partial charge in [0.25, 0.3) is 0 Å². The Kier molecular flexibility index (Phi) is 8.67. The zero-order valence-corrected chi connectivity index (χ0v) is 12.4. The maximum Gasteiger partial charge on any atom is 0.331 e. The first-order valence-electron chi connectivity index (χ1n) is 6.78. The molecule has 0 bridgehead atoms. The number of hydrogen-bond acceptors (Lipinski definition) is 3. The molecule has 0 aliphatic heterocycles. The fraction of sp³-hybridized carbons (Fsp3) is 0.786. The lowest BCUT2D eigenvalue weighted by Gasteiger charge is -2.30. The predicted molar refractivity (Wildman–Crippen MR) is 75.9 cm³/mol. The first-order valence-corrected chi connectivity index (χ1v) is 6.78. The van der Waals surface area contributed by atoms with Crippen LogP contribution in [0.15, 0.2) is 11.6 Å². The number of carboxylic acid groups (broad SMARTS) is 1. The number of rotatable bonds is 9. The quantitative estimate of drug-likeness (QED) is 0.490. The third-order valence-corrected chi connectivity index (χ3v) is 3.02. The van der Waals surface area contributed by atoms with Crippen molar-refractivity contribution in [1.29, 1.82) is 0 Å². The minimum atomic E-state index is -0.815. The number of carboxylic acids is 1. The molecule has 0 radical (unpaired) electrons. The predicted octanol–water partition coefficient (Wildman–Crippen LogP) is 2.12. The minimum Gasteiger partial charge on any atom is -0.478 e. The second kappa shape index (κ2) is 9.11. The lowest BCUT2D eigenvalue weighted by Crippen LogP contribution is -2.41. The maximum atomic E-state index is 10.8. The fourth-order valence-corrected chi connectivity index (χ4v) is 2.00. The molecule has 0 saturated carbocycles. The molecule has 0 heterocycles. The van der Waals surface area contributed by atoms with Crippen molar-refractivity contribution in [3.63, 3.8) is 0 Å². The van der Waals surface area contributed by atoms with Crippen LogP contribution in [0.5, 0.6) is 0 Å². The highest BCUT2D eigenvalue weighted by molar-refractivity contribution is 5.86. The molecule has 106 valence electrons. The van der Waals surface area contributed by atoms with Gasteiger partial charge in [-0.1, -0.05) is 13.0 Å². The molecule has 0 aromatic rings. The van der Waals surface area contributed by atoms with Crippen LogP contribution in [0.2, 0.25) is 0 Å². The molecule has 0 aliphatic carbocycles. The molecule has 2 N–H and O–H groups in total. The Labute approximate surface area is 111 Å². The summed E-state index contributed by atoms with van der Waals surface area (Å²) in [6.07, 6.45) is 2.33. The molecule has 0 amide bonds. The lowest BCUT2D eigenvalue weighted by molar-refractivity contribution is -0.132. The molecule has 0 aliphatic rings. The van der Waals surface area contributed by atoms with Gasteiger partial charge in [0.1, 0.15) is 0 Å². The summed E-state index contributed by atoms with van der Waals surface area (Å²) < 4.78 is 0. The molecule has 0 aromatic heterocycles. The van der Waals surface area contributed by atoms with E-state index in [-0.39, 0.29) is 0 Å². The van der Waals surface area contributed by atoms with E-state index in [1.807, 2.05) is 6.92 Å². The van der Waals surface area contributed by atoms with Crippen LogP contribution in [-0.2, 0) is 4.79 Å². The number of hydrogen-bond donors (Lipinski definition) is 2. The third-order valence-electron chi connectivity index (χ3n) is 3.02. The van der Waals surface area contributed by atoms with Crippen LogP contribution in [0.25, 0.3) is 0 Å². The highest BCUT2D eigenvalue weighted by atomic mass is 16.4. The highest BCUT2D eigenvalue weighted by Crippen LogP contribution is 2.03. The van der Waals surface area contributed by atoms with E-state index in [2.05, 4.69) is 37.9 Å². The van der Waals surface area contributed by atoms with Gasteiger partial charge in [-0.25, -0.2) is 4.79 Å². The average molecular weight is 256 g/mol. The van der Waals surface area contributed by atoms with Gasteiger partial charge in [0.05, 0.1) is 0 Å². The van der Waals surface area contributed by atoms with Gasteiger partial charge in [0.15, 0.2) is 0 Å². The normalized spacial score (nSPS) is 12.8. The molecule has 0 saturated heterocycles. The second-order valence-corrected chi connectivity index (χ2v) is 5.02. The molecule has 0 atom stereocenters. The number of nitrogens with one attached hydrogen (secondary N) is 1. The van der Waals surface area contributed by atoms with Gasteiger partial charge in [-0.15, -0.1) is 0 Å². The third kappa shape index (κ3) is 6.77. The highest BCUT2D eigenvalue weighted by Gasteiger charge is 2.11. The van der Waals surface area contributed by atoms with Crippen LogP contribution in [-0.4, -0.2) is 47.7 Å². The number of carbonyl (C=O) groups is 1. The summed E-state index contributed by atoms with van der Waals surface area (Å²) in [7, 11) is 0. The van der Waals surface area contributed by atoms with E-state index in [4.69, 9.17) is 5.11 Å². The summed E-state index contributed by atoms with van der Waals surface area (Å²) in [6, 6.07) is 1.07. The van der Waals surface area contributed by atoms with Crippen molar-refractivity contribution in [2.24, 2.45) is 0 Å². The Balaban J connectivity index is 3.95. The summed E-state index contributed by atoms with van der Waals surface area (Å²) in [5.41, 5.74) is 0.479. The van der Waals surface area contributed by atoms with Crippen molar-refractivity contribution in [3.8, 4) is 0 Å². The zero-order chi connectivity index (χ0) is 14.1. The summed E-state index contributed by atoms with van der Waals surface area (Å²) in [5.74, 6) is -0.815. The zero-order valence-electron chi connectivity index (χ0n) is 12.4. The first-order chi connectivity index (χ1) is 8.40. The summed E-state index contributed by atoms with van der Waals surface area (Å²) in [5, 5.41) is 12.1. The van der Waals surface area contributed by atoms with Crippen molar-refractivity contribution >= 4 is 5.97 Å². The molecule has 0 unspecified atom stereocenters. The van der Waals surface area contributed by atoms with E-state index in [1.54, 1.807) is 6.08 Å². The molecular formula is C14H28N2O2. The molecule has 0 aromatic carbocycles. The van der Waals surface area contributed by atoms with Crippen LogP contribution in [0.1, 0.15) is 41.0 Å². The largest absolute Gasteiger partial charge is 0.478 e. The molecule has 4 heteroatoms. The van der Waals surface area contributed by atoms with Crippen LogP contribution in [0, 0.1) is 0 Å². The molecule has 0 rings (SSSR count). The monoisotopic (exact) mass is 256 g/mol. The molecule has 18 heavy (non-hydrogen) atoms. The topological polar surface area (TPSA) is 52.6 Å². The van der Waals surface area contributed by atoms with Crippen molar-refractivity contribution in [1.82, 2.24) is 10.2 Å².